The summed E-state index contributed by atoms with van der Waals surface area (Å²) in [4.78, 5) is 13.0. The summed E-state index contributed by atoms with van der Waals surface area (Å²) in [5.41, 5.74) is 4.48. The van der Waals surface area contributed by atoms with Crippen molar-refractivity contribution in [2.75, 3.05) is 0 Å². The zero-order valence-corrected chi connectivity index (χ0v) is 12.9. The highest BCUT2D eigenvalue weighted by atomic mass is 16.1. The summed E-state index contributed by atoms with van der Waals surface area (Å²) < 4.78 is 0. The lowest BCUT2D eigenvalue weighted by Crippen LogP contribution is -2.20. The fourth-order valence-corrected chi connectivity index (χ4v) is 3.25. The summed E-state index contributed by atoms with van der Waals surface area (Å²) in [5, 5.41) is 0. The van der Waals surface area contributed by atoms with Gasteiger partial charge in [0.05, 0.1) is 5.41 Å². The topological polar surface area (TPSA) is 17.1 Å². The van der Waals surface area contributed by atoms with E-state index in [9.17, 15) is 4.79 Å². The first-order valence-corrected chi connectivity index (χ1v) is 7.93. The minimum atomic E-state index is -0.250. The largest absolute Gasteiger partial charge is 0.293 e. The molecule has 0 saturated heterocycles. The second kappa shape index (κ2) is 5.48. The zero-order chi connectivity index (χ0) is 14.9. The van der Waals surface area contributed by atoms with Gasteiger partial charge in [-0.15, -0.1) is 0 Å². The Bertz CT molecular complexity index is 651. The monoisotopic (exact) mass is 278 g/mol. The average molecular weight is 278 g/mol. The molecule has 1 saturated carbocycles. The normalized spacial score (nSPS) is 15.7. The molecule has 1 heteroatoms. The van der Waals surface area contributed by atoms with Gasteiger partial charge in [-0.2, -0.15) is 0 Å². The van der Waals surface area contributed by atoms with Gasteiger partial charge in [-0.25, -0.2) is 0 Å². The van der Waals surface area contributed by atoms with Crippen molar-refractivity contribution in [3.63, 3.8) is 0 Å². The minimum absolute atomic E-state index is 0.250. The second-order valence-corrected chi connectivity index (χ2v) is 5.97. The van der Waals surface area contributed by atoms with Gasteiger partial charge in [0.1, 0.15) is 0 Å². The molecule has 0 unspecified atom stereocenters. The summed E-state index contributed by atoms with van der Waals surface area (Å²) in [6.45, 7) is 4.33. The van der Waals surface area contributed by atoms with E-state index in [1.165, 1.54) is 16.7 Å². The Hall–Kier alpha value is -1.89. The molecule has 0 bridgehead atoms. The molecule has 21 heavy (non-hydrogen) atoms. The quantitative estimate of drug-likeness (QED) is 0.723. The van der Waals surface area contributed by atoms with E-state index in [4.69, 9.17) is 0 Å². The molecule has 0 radical (unpaired) electrons. The van der Waals surface area contributed by atoms with Gasteiger partial charge in [-0.1, -0.05) is 56.3 Å². The number of carbonyl (C=O) groups is 1. The molecule has 0 N–H and O–H groups in total. The molecule has 3 rings (SSSR count). The maximum atomic E-state index is 13.0. The van der Waals surface area contributed by atoms with Gasteiger partial charge >= 0.3 is 0 Å². The third-order valence-electron chi connectivity index (χ3n) is 4.74. The van der Waals surface area contributed by atoms with Gasteiger partial charge in [0.2, 0.25) is 0 Å². The summed E-state index contributed by atoms with van der Waals surface area (Å²) >= 11 is 0. The number of benzene rings is 2. The molecule has 1 aliphatic rings. The Kier molecular flexibility index (Phi) is 3.67. The third kappa shape index (κ3) is 2.42. The molecule has 1 fully saturated rings. The van der Waals surface area contributed by atoms with Crippen molar-refractivity contribution in [2.45, 2.75) is 44.9 Å². The Balaban J connectivity index is 1.96. The first kappa shape index (κ1) is 14.1. The van der Waals surface area contributed by atoms with Crippen molar-refractivity contribution < 1.29 is 4.79 Å². The van der Waals surface area contributed by atoms with Crippen LogP contribution in [0.5, 0.6) is 0 Å². The summed E-state index contributed by atoms with van der Waals surface area (Å²) in [7, 11) is 0. The first-order chi connectivity index (χ1) is 10.2. The molecule has 0 amide bonds. The molecule has 1 aliphatic carbocycles. The zero-order valence-electron chi connectivity index (χ0n) is 12.9. The van der Waals surface area contributed by atoms with Crippen molar-refractivity contribution in [3.05, 3.63) is 70.8 Å². The van der Waals surface area contributed by atoms with E-state index in [-0.39, 0.29) is 5.41 Å². The number of hydrogen-bond acceptors (Lipinski definition) is 1. The van der Waals surface area contributed by atoms with Gasteiger partial charge in [-0.3, -0.25) is 4.79 Å². The predicted octanol–water partition coefficient (Wildman–Crippen LogP) is 4.73. The fourth-order valence-electron chi connectivity index (χ4n) is 3.25. The van der Waals surface area contributed by atoms with E-state index in [2.05, 4.69) is 38.1 Å². The predicted molar refractivity (Wildman–Crippen MR) is 86.9 cm³/mol. The van der Waals surface area contributed by atoms with Crippen molar-refractivity contribution >= 4 is 5.78 Å². The lowest BCUT2D eigenvalue weighted by molar-refractivity contribution is 0.0946. The van der Waals surface area contributed by atoms with E-state index in [1.807, 2.05) is 24.3 Å². The van der Waals surface area contributed by atoms with Crippen molar-refractivity contribution in [1.82, 2.24) is 0 Å². The Labute approximate surface area is 127 Å². The third-order valence-corrected chi connectivity index (χ3v) is 4.74. The molecule has 2 aromatic carbocycles. The lowest BCUT2D eigenvalue weighted by Gasteiger charge is -2.16. The number of hydrogen-bond donors (Lipinski definition) is 0. The van der Waals surface area contributed by atoms with E-state index in [0.29, 0.717) is 5.78 Å². The van der Waals surface area contributed by atoms with Crippen LogP contribution in [0.4, 0.5) is 0 Å². The summed E-state index contributed by atoms with van der Waals surface area (Å²) in [6, 6.07) is 16.5. The maximum absolute atomic E-state index is 13.0. The van der Waals surface area contributed by atoms with Gasteiger partial charge in [0, 0.05) is 5.56 Å². The van der Waals surface area contributed by atoms with Crippen LogP contribution in [0.2, 0.25) is 0 Å². The molecule has 1 nitrogen and oxygen atoms in total. The average Bonchev–Trinajstić information content (AvgIpc) is 3.36. The summed E-state index contributed by atoms with van der Waals surface area (Å²) in [5.74, 6) is 0.297. The minimum Gasteiger partial charge on any atom is -0.293 e. The van der Waals surface area contributed by atoms with Gasteiger partial charge < -0.3 is 0 Å². The second-order valence-electron chi connectivity index (χ2n) is 5.97. The molecule has 0 heterocycles. The van der Waals surface area contributed by atoms with Crippen molar-refractivity contribution in [3.8, 4) is 0 Å². The van der Waals surface area contributed by atoms with Crippen LogP contribution in [0.15, 0.2) is 48.5 Å². The molecule has 0 aromatic heterocycles. The van der Waals surface area contributed by atoms with E-state index >= 15 is 0 Å². The standard InChI is InChI=1S/C20H22O/c1-3-15-10-11-17(14-16(15)4-2)19(21)20(12-13-20)18-8-6-5-7-9-18/h5-11,14H,3-4,12-13H2,1-2H3. The van der Waals surface area contributed by atoms with Crippen LogP contribution >= 0.6 is 0 Å². The first-order valence-electron chi connectivity index (χ1n) is 7.93. The maximum Gasteiger partial charge on any atom is 0.173 e. The molecule has 108 valence electrons. The highest BCUT2D eigenvalue weighted by Crippen LogP contribution is 2.50. The number of rotatable bonds is 5. The molecule has 0 aliphatic heterocycles. The highest BCUT2D eigenvalue weighted by Gasteiger charge is 2.51. The van der Waals surface area contributed by atoms with Gasteiger partial charge in [0.25, 0.3) is 0 Å². The van der Waals surface area contributed by atoms with Crippen molar-refractivity contribution in [1.29, 1.82) is 0 Å². The van der Waals surface area contributed by atoms with E-state index in [0.717, 1.165) is 31.2 Å². The number of carbonyl (C=O) groups excluding carboxylic acids is 1. The van der Waals surface area contributed by atoms with E-state index < -0.39 is 0 Å². The number of Topliss-reactive ketones (excluding diaryl/α,β-unsaturated/α-hetero) is 1. The fraction of sp³-hybridized carbons (Fsp3) is 0.350. The van der Waals surface area contributed by atoms with Crippen LogP contribution < -0.4 is 0 Å². The Morgan fingerprint density at radius 1 is 0.952 bits per heavy atom. The number of aryl methyl sites for hydroxylation is 2. The lowest BCUT2D eigenvalue weighted by atomic mass is 9.86. The Morgan fingerprint density at radius 2 is 1.62 bits per heavy atom. The molecule has 2 aromatic rings. The van der Waals surface area contributed by atoms with Crippen LogP contribution in [0.25, 0.3) is 0 Å². The number of ketones is 1. The molecule has 0 atom stereocenters. The van der Waals surface area contributed by atoms with E-state index in [1.54, 1.807) is 0 Å². The van der Waals surface area contributed by atoms with Crippen LogP contribution in [0, 0.1) is 0 Å². The smallest absolute Gasteiger partial charge is 0.173 e. The highest BCUT2D eigenvalue weighted by molar-refractivity contribution is 6.06. The van der Waals surface area contributed by atoms with Crippen LogP contribution in [-0.2, 0) is 18.3 Å². The summed E-state index contributed by atoms with van der Waals surface area (Å²) in [6.07, 6.45) is 3.98. The van der Waals surface area contributed by atoms with Gasteiger partial charge in [0.15, 0.2) is 5.78 Å². The van der Waals surface area contributed by atoms with Crippen LogP contribution in [0.3, 0.4) is 0 Å². The Morgan fingerprint density at radius 3 is 2.19 bits per heavy atom. The molecular weight excluding hydrogens is 256 g/mol. The molecule has 0 spiro atoms. The van der Waals surface area contributed by atoms with Crippen molar-refractivity contribution in [2.24, 2.45) is 0 Å². The van der Waals surface area contributed by atoms with Gasteiger partial charge in [-0.05, 0) is 48.4 Å². The van der Waals surface area contributed by atoms with Crippen LogP contribution in [0.1, 0.15) is 53.7 Å². The molecular formula is C20H22O. The SMILES string of the molecule is CCc1ccc(C(=O)C2(c3ccccc3)CC2)cc1CC. The van der Waals surface area contributed by atoms with Crippen LogP contribution in [-0.4, -0.2) is 5.78 Å².